The quantitative estimate of drug-likeness (QED) is 0.407. The van der Waals surface area contributed by atoms with Gasteiger partial charge in [-0.25, -0.2) is 4.79 Å². The summed E-state index contributed by atoms with van der Waals surface area (Å²) in [6, 6.07) is 0. The lowest BCUT2D eigenvalue weighted by atomic mass is 9.83. The van der Waals surface area contributed by atoms with E-state index in [9.17, 15) is 14.7 Å². The van der Waals surface area contributed by atoms with E-state index in [4.69, 9.17) is 9.84 Å². The van der Waals surface area contributed by atoms with Gasteiger partial charge in [0.2, 0.25) is 0 Å². The highest BCUT2D eigenvalue weighted by molar-refractivity contribution is 5.82. The van der Waals surface area contributed by atoms with Crippen LogP contribution in [0.25, 0.3) is 0 Å². The molecule has 0 aromatic carbocycles. The number of ether oxygens (including phenoxy) is 1. The molecular weight excluding hydrogens is 332 g/mol. The number of aliphatic hydroxyl groups is 1. The highest BCUT2D eigenvalue weighted by Crippen LogP contribution is 2.48. The number of carboxylic acids is 1. The van der Waals surface area contributed by atoms with E-state index in [-0.39, 0.29) is 30.1 Å². The standard InChI is InChI=1S/C21H34O5/c1-3-4-5-14(2)6-7-18(22)21-17-11-15(8-9-26-13-20(24)25)10-16(17)12-19(21)23/h10,14,16-17,19,21,23H,3-9,11-13H2,1-2H3,(H,24,25)/t14?,16-,17-,19+,21-/m1/s1. The number of hydrogen-bond acceptors (Lipinski definition) is 4. The van der Waals surface area contributed by atoms with Crippen molar-refractivity contribution in [3.8, 4) is 0 Å². The highest BCUT2D eigenvalue weighted by atomic mass is 16.5. The Kier molecular flexibility index (Phi) is 8.29. The van der Waals surface area contributed by atoms with Crippen LogP contribution < -0.4 is 0 Å². The summed E-state index contributed by atoms with van der Waals surface area (Å²) in [5.41, 5.74) is 1.24. The third kappa shape index (κ3) is 5.92. The van der Waals surface area contributed by atoms with E-state index in [1.54, 1.807) is 0 Å². The third-order valence-electron chi connectivity index (χ3n) is 5.99. The number of ketones is 1. The Bertz CT molecular complexity index is 513. The summed E-state index contributed by atoms with van der Waals surface area (Å²) in [4.78, 5) is 23.2. The maximum absolute atomic E-state index is 12.7. The van der Waals surface area contributed by atoms with Crippen LogP contribution >= 0.6 is 0 Å². The average molecular weight is 366 g/mol. The second-order valence-electron chi connectivity index (χ2n) is 8.13. The number of carbonyl (C=O) groups is 2. The fourth-order valence-corrected chi connectivity index (χ4v) is 4.55. The van der Waals surface area contributed by atoms with E-state index in [0.717, 1.165) is 12.8 Å². The molecule has 5 atom stereocenters. The average Bonchev–Trinajstić information content (AvgIpc) is 3.10. The van der Waals surface area contributed by atoms with Gasteiger partial charge in [0.1, 0.15) is 12.4 Å². The highest BCUT2D eigenvalue weighted by Gasteiger charge is 2.47. The number of carboxylic acid groups (broad SMARTS) is 1. The molecule has 2 N–H and O–H groups in total. The van der Waals surface area contributed by atoms with Gasteiger partial charge in [0.15, 0.2) is 0 Å². The van der Waals surface area contributed by atoms with Gasteiger partial charge in [-0.3, -0.25) is 4.79 Å². The zero-order valence-electron chi connectivity index (χ0n) is 16.2. The Hall–Kier alpha value is -1.20. The first-order valence-electron chi connectivity index (χ1n) is 10.1. The van der Waals surface area contributed by atoms with Crippen molar-refractivity contribution in [3.05, 3.63) is 11.6 Å². The van der Waals surface area contributed by atoms with Crippen LogP contribution in [-0.2, 0) is 14.3 Å². The number of rotatable bonds is 12. The summed E-state index contributed by atoms with van der Waals surface area (Å²) < 4.78 is 5.11. The minimum absolute atomic E-state index is 0.220. The second kappa shape index (κ2) is 10.2. The summed E-state index contributed by atoms with van der Waals surface area (Å²) in [6.07, 6.45) is 8.97. The summed E-state index contributed by atoms with van der Waals surface area (Å²) in [5, 5.41) is 19.0. The van der Waals surface area contributed by atoms with Crippen LogP contribution in [-0.4, -0.2) is 41.3 Å². The van der Waals surface area contributed by atoms with Crippen molar-refractivity contribution in [2.75, 3.05) is 13.2 Å². The zero-order chi connectivity index (χ0) is 19.1. The molecule has 0 saturated heterocycles. The van der Waals surface area contributed by atoms with Crippen molar-refractivity contribution >= 4 is 11.8 Å². The molecule has 0 radical (unpaired) electrons. The first-order chi connectivity index (χ1) is 12.4. The van der Waals surface area contributed by atoms with Gasteiger partial charge in [0.05, 0.1) is 12.7 Å². The Morgan fingerprint density at radius 3 is 2.81 bits per heavy atom. The van der Waals surface area contributed by atoms with E-state index in [1.165, 1.54) is 24.8 Å². The van der Waals surface area contributed by atoms with Crippen molar-refractivity contribution in [1.29, 1.82) is 0 Å². The van der Waals surface area contributed by atoms with Crippen molar-refractivity contribution in [1.82, 2.24) is 0 Å². The molecule has 1 unspecified atom stereocenters. The molecule has 2 rings (SSSR count). The van der Waals surface area contributed by atoms with Crippen LogP contribution in [0, 0.1) is 23.7 Å². The van der Waals surface area contributed by atoms with Crippen molar-refractivity contribution in [2.45, 2.75) is 71.3 Å². The van der Waals surface area contributed by atoms with Gasteiger partial charge in [0, 0.05) is 12.3 Å². The SMILES string of the molecule is CCCCC(C)CCC(=O)[C@H]1[C@@H]2CC(CCOCC(=O)O)=C[C@@H]2C[C@@H]1O. The smallest absolute Gasteiger partial charge is 0.329 e. The van der Waals surface area contributed by atoms with Gasteiger partial charge in [-0.1, -0.05) is 44.8 Å². The molecule has 0 aromatic rings. The molecule has 0 aromatic heterocycles. The Morgan fingerprint density at radius 1 is 1.35 bits per heavy atom. The predicted octanol–water partition coefficient (Wildman–Crippen LogP) is 3.60. The zero-order valence-corrected chi connectivity index (χ0v) is 16.2. The Morgan fingerprint density at radius 2 is 2.12 bits per heavy atom. The molecule has 2 aliphatic rings. The van der Waals surface area contributed by atoms with Gasteiger partial charge in [0.25, 0.3) is 0 Å². The second-order valence-corrected chi connectivity index (χ2v) is 8.13. The number of fused-ring (bicyclic) bond motifs is 1. The molecule has 26 heavy (non-hydrogen) atoms. The maximum Gasteiger partial charge on any atom is 0.329 e. The number of carbonyl (C=O) groups excluding carboxylic acids is 1. The number of allylic oxidation sites excluding steroid dienone is 1. The van der Waals surface area contributed by atoms with E-state index in [2.05, 4.69) is 19.9 Å². The summed E-state index contributed by atoms with van der Waals surface area (Å²) in [5.74, 6) is 0.113. The number of aliphatic carboxylic acids is 1. The lowest BCUT2D eigenvalue weighted by molar-refractivity contribution is -0.142. The van der Waals surface area contributed by atoms with E-state index < -0.39 is 12.1 Å². The largest absolute Gasteiger partial charge is 0.480 e. The fourth-order valence-electron chi connectivity index (χ4n) is 4.55. The van der Waals surface area contributed by atoms with Crippen molar-refractivity contribution in [2.24, 2.45) is 23.7 Å². The molecule has 0 aliphatic heterocycles. The topological polar surface area (TPSA) is 83.8 Å². The normalized spacial score (nSPS) is 28.7. The van der Waals surface area contributed by atoms with Crippen LogP contribution in [0.3, 0.4) is 0 Å². The van der Waals surface area contributed by atoms with Crippen molar-refractivity contribution in [3.63, 3.8) is 0 Å². The van der Waals surface area contributed by atoms with Gasteiger partial charge in [-0.2, -0.15) is 0 Å². The van der Waals surface area contributed by atoms with Gasteiger partial charge in [-0.05, 0) is 43.4 Å². The monoisotopic (exact) mass is 366 g/mol. The van der Waals surface area contributed by atoms with Crippen molar-refractivity contribution < 1.29 is 24.5 Å². The molecule has 0 bridgehead atoms. The van der Waals surface area contributed by atoms with E-state index in [1.807, 2.05) is 0 Å². The van der Waals surface area contributed by atoms with Crippen LogP contribution in [0.4, 0.5) is 0 Å². The molecular formula is C21H34O5. The molecule has 0 amide bonds. The Labute approximate surface area is 156 Å². The molecule has 0 heterocycles. The lowest BCUT2D eigenvalue weighted by Gasteiger charge is -2.21. The number of aliphatic hydroxyl groups excluding tert-OH is 1. The van der Waals surface area contributed by atoms with Gasteiger partial charge in [-0.15, -0.1) is 0 Å². The molecule has 0 spiro atoms. The van der Waals surface area contributed by atoms with Crippen LogP contribution in [0.2, 0.25) is 0 Å². The molecule has 5 heteroatoms. The number of Topliss-reactive ketones (excluding diaryl/α,β-unsaturated/α-hetero) is 1. The number of hydrogen-bond donors (Lipinski definition) is 2. The Balaban J connectivity index is 1.79. The van der Waals surface area contributed by atoms with Crippen LogP contribution in [0.15, 0.2) is 11.6 Å². The van der Waals surface area contributed by atoms with E-state index in [0.29, 0.717) is 31.8 Å². The predicted molar refractivity (Wildman–Crippen MR) is 99.8 cm³/mol. The number of unbranched alkanes of at least 4 members (excludes halogenated alkanes) is 1. The molecule has 148 valence electrons. The summed E-state index contributed by atoms with van der Waals surface area (Å²) in [7, 11) is 0. The summed E-state index contributed by atoms with van der Waals surface area (Å²) in [6.45, 7) is 4.53. The first kappa shape index (κ1) is 21.1. The van der Waals surface area contributed by atoms with E-state index >= 15 is 0 Å². The fraction of sp³-hybridized carbons (Fsp3) is 0.810. The minimum atomic E-state index is -0.954. The van der Waals surface area contributed by atoms with Gasteiger partial charge < -0.3 is 14.9 Å². The molecule has 1 saturated carbocycles. The minimum Gasteiger partial charge on any atom is -0.480 e. The first-order valence-corrected chi connectivity index (χ1v) is 10.1. The van der Waals surface area contributed by atoms with Crippen LogP contribution in [0.1, 0.15) is 65.2 Å². The molecule has 5 nitrogen and oxygen atoms in total. The lowest BCUT2D eigenvalue weighted by Crippen LogP contribution is -2.28. The third-order valence-corrected chi connectivity index (χ3v) is 5.99. The summed E-state index contributed by atoms with van der Waals surface area (Å²) >= 11 is 0. The van der Waals surface area contributed by atoms with Crippen LogP contribution in [0.5, 0.6) is 0 Å². The molecule has 1 fully saturated rings. The maximum atomic E-state index is 12.7. The van der Waals surface area contributed by atoms with Gasteiger partial charge >= 0.3 is 5.97 Å². The molecule has 2 aliphatic carbocycles.